The third-order valence-electron chi connectivity index (χ3n) is 5.16. The van der Waals surface area contributed by atoms with Crippen LogP contribution < -0.4 is 10.6 Å². The number of ether oxygens (including phenoxy) is 5. The van der Waals surface area contributed by atoms with E-state index in [0.717, 1.165) is 24.5 Å². The highest BCUT2D eigenvalue weighted by Crippen LogP contribution is 2.10. The second kappa shape index (κ2) is 21.7. The standard InChI is InChI=1S/C29H44N2O10/c1-8-25(32)37-18-24(19-39-27(34)22(6)7)41-29(36)31-16-12-10-9-11-15-30-28(35)40-23(14-13-20(2)3)17-38-26(33)21(4)5/h8,23-24H,1-2,4,6,9-19H2,3,5,7H3,(H,30,35)(H,31,36). The summed E-state index contributed by atoms with van der Waals surface area (Å²) in [5.41, 5.74) is 1.36. The third-order valence-corrected chi connectivity index (χ3v) is 5.16. The highest BCUT2D eigenvalue weighted by Gasteiger charge is 2.19. The van der Waals surface area contributed by atoms with Gasteiger partial charge >= 0.3 is 30.1 Å². The van der Waals surface area contributed by atoms with E-state index in [9.17, 15) is 24.0 Å². The molecule has 0 aliphatic rings. The van der Waals surface area contributed by atoms with Crippen molar-refractivity contribution in [2.45, 2.75) is 71.5 Å². The predicted octanol–water partition coefficient (Wildman–Crippen LogP) is 4.06. The average Bonchev–Trinajstić information content (AvgIpc) is 2.91. The monoisotopic (exact) mass is 580 g/mol. The van der Waals surface area contributed by atoms with Crippen LogP contribution in [0.3, 0.4) is 0 Å². The molecule has 0 radical (unpaired) electrons. The van der Waals surface area contributed by atoms with Crippen LogP contribution in [0.4, 0.5) is 9.59 Å². The van der Waals surface area contributed by atoms with Crippen LogP contribution in [-0.4, -0.2) is 75.2 Å². The van der Waals surface area contributed by atoms with E-state index in [0.29, 0.717) is 38.8 Å². The lowest BCUT2D eigenvalue weighted by Gasteiger charge is -2.18. The number of hydrogen-bond donors (Lipinski definition) is 2. The smallest absolute Gasteiger partial charge is 0.407 e. The Hall–Kier alpha value is -4.09. The number of alkyl carbamates (subject to hydrolysis) is 2. The second-order valence-corrected chi connectivity index (χ2v) is 9.41. The maximum Gasteiger partial charge on any atom is 0.407 e. The predicted molar refractivity (Wildman–Crippen MR) is 152 cm³/mol. The molecule has 2 amide bonds. The SMILES string of the molecule is C=CC(=O)OCC(COC(=O)C(=C)C)OC(=O)NCCCCCCNC(=O)OC(CCC(=C)C)COC(=O)C(=C)C. The normalized spacial score (nSPS) is 11.6. The molecule has 0 heterocycles. The van der Waals surface area contributed by atoms with Crippen LogP contribution in [0.25, 0.3) is 0 Å². The number of nitrogens with one attached hydrogen (secondary N) is 2. The van der Waals surface area contributed by atoms with Crippen LogP contribution in [0.5, 0.6) is 0 Å². The molecule has 0 saturated heterocycles. The zero-order valence-corrected chi connectivity index (χ0v) is 24.4. The van der Waals surface area contributed by atoms with E-state index in [1.54, 1.807) is 0 Å². The van der Waals surface area contributed by atoms with Crippen LogP contribution in [0.2, 0.25) is 0 Å². The van der Waals surface area contributed by atoms with E-state index in [4.69, 9.17) is 23.7 Å². The third kappa shape index (κ3) is 20.5. The van der Waals surface area contributed by atoms with Gasteiger partial charge in [-0.05, 0) is 46.5 Å². The van der Waals surface area contributed by atoms with Gasteiger partial charge in [-0.1, -0.05) is 38.2 Å². The summed E-state index contributed by atoms with van der Waals surface area (Å²) in [5, 5.41) is 5.26. The van der Waals surface area contributed by atoms with Gasteiger partial charge in [0.1, 0.15) is 25.9 Å². The highest BCUT2D eigenvalue weighted by molar-refractivity contribution is 5.87. The Balaban J connectivity index is 4.27. The van der Waals surface area contributed by atoms with Crippen molar-refractivity contribution in [2.75, 3.05) is 32.9 Å². The van der Waals surface area contributed by atoms with Crippen molar-refractivity contribution in [2.24, 2.45) is 0 Å². The molecule has 0 aromatic rings. The van der Waals surface area contributed by atoms with Gasteiger partial charge in [0.25, 0.3) is 0 Å². The van der Waals surface area contributed by atoms with E-state index >= 15 is 0 Å². The van der Waals surface area contributed by atoms with Crippen molar-refractivity contribution in [3.8, 4) is 0 Å². The number of amides is 2. The molecule has 0 aliphatic carbocycles. The van der Waals surface area contributed by atoms with Crippen LogP contribution in [0.15, 0.2) is 49.1 Å². The number of esters is 3. The molecule has 0 rings (SSSR count). The maximum absolute atomic E-state index is 12.2. The molecule has 2 N–H and O–H groups in total. The van der Waals surface area contributed by atoms with Gasteiger partial charge in [-0.25, -0.2) is 24.0 Å². The summed E-state index contributed by atoms with van der Waals surface area (Å²) in [6.07, 6.45) is 1.97. The van der Waals surface area contributed by atoms with Gasteiger partial charge < -0.3 is 34.3 Å². The molecule has 41 heavy (non-hydrogen) atoms. The zero-order valence-electron chi connectivity index (χ0n) is 24.4. The number of unbranched alkanes of at least 4 members (excludes halogenated alkanes) is 3. The summed E-state index contributed by atoms with van der Waals surface area (Å²) in [7, 11) is 0. The van der Waals surface area contributed by atoms with Crippen LogP contribution in [0.1, 0.15) is 59.3 Å². The Morgan fingerprint density at radius 2 is 1.12 bits per heavy atom. The lowest BCUT2D eigenvalue weighted by Crippen LogP contribution is -2.35. The van der Waals surface area contributed by atoms with Gasteiger partial charge in [-0.3, -0.25) is 0 Å². The molecule has 230 valence electrons. The van der Waals surface area contributed by atoms with E-state index in [1.807, 2.05) is 6.92 Å². The van der Waals surface area contributed by atoms with Crippen molar-refractivity contribution in [3.05, 3.63) is 49.1 Å². The van der Waals surface area contributed by atoms with Gasteiger partial charge in [0, 0.05) is 30.3 Å². The maximum atomic E-state index is 12.2. The fourth-order valence-electron chi connectivity index (χ4n) is 2.89. The molecule has 0 aromatic carbocycles. The molecular formula is C29H44N2O10. The summed E-state index contributed by atoms with van der Waals surface area (Å²) >= 11 is 0. The van der Waals surface area contributed by atoms with Crippen molar-refractivity contribution >= 4 is 30.1 Å². The number of rotatable bonds is 21. The number of allylic oxidation sites excluding steroid dienone is 1. The largest absolute Gasteiger partial charge is 0.458 e. The summed E-state index contributed by atoms with van der Waals surface area (Å²) < 4.78 is 25.5. The Labute approximate surface area is 242 Å². The number of hydrogen-bond acceptors (Lipinski definition) is 10. The fourth-order valence-corrected chi connectivity index (χ4v) is 2.89. The van der Waals surface area contributed by atoms with Crippen LogP contribution in [-0.2, 0) is 38.1 Å². The van der Waals surface area contributed by atoms with Crippen molar-refractivity contribution in [3.63, 3.8) is 0 Å². The molecule has 0 spiro atoms. The Morgan fingerprint density at radius 1 is 0.683 bits per heavy atom. The molecule has 2 atom stereocenters. The molecular weight excluding hydrogens is 536 g/mol. The highest BCUT2D eigenvalue weighted by atomic mass is 16.6. The van der Waals surface area contributed by atoms with E-state index in [2.05, 4.69) is 36.9 Å². The molecule has 0 bridgehead atoms. The first kappa shape index (κ1) is 36.9. The molecule has 0 fully saturated rings. The Kier molecular flexibility index (Phi) is 19.5. The second-order valence-electron chi connectivity index (χ2n) is 9.41. The molecule has 12 nitrogen and oxygen atoms in total. The van der Waals surface area contributed by atoms with E-state index in [1.165, 1.54) is 13.8 Å². The number of carbonyl (C=O) groups excluding carboxylic acids is 5. The Bertz CT molecular complexity index is 944. The summed E-state index contributed by atoms with van der Waals surface area (Å²) in [4.78, 5) is 58.8. The van der Waals surface area contributed by atoms with Crippen LogP contribution in [0, 0.1) is 0 Å². The van der Waals surface area contributed by atoms with Gasteiger partial charge in [0.15, 0.2) is 6.10 Å². The summed E-state index contributed by atoms with van der Waals surface area (Å²) in [5.74, 6) is -1.92. The molecule has 12 heteroatoms. The zero-order chi connectivity index (χ0) is 31.2. The van der Waals surface area contributed by atoms with Gasteiger partial charge in [-0.2, -0.15) is 0 Å². The first-order valence-corrected chi connectivity index (χ1v) is 13.3. The van der Waals surface area contributed by atoms with E-state index < -0.39 is 42.3 Å². The minimum absolute atomic E-state index is 0.0673. The lowest BCUT2D eigenvalue weighted by atomic mass is 10.1. The summed E-state index contributed by atoms with van der Waals surface area (Å²) in [6, 6.07) is 0. The first-order chi connectivity index (χ1) is 19.3. The van der Waals surface area contributed by atoms with E-state index in [-0.39, 0.29) is 31.0 Å². The quantitative estimate of drug-likeness (QED) is 0.0667. The van der Waals surface area contributed by atoms with Crippen molar-refractivity contribution in [1.82, 2.24) is 10.6 Å². The van der Waals surface area contributed by atoms with Gasteiger partial charge in [0.2, 0.25) is 0 Å². The topological polar surface area (TPSA) is 156 Å². The molecule has 2 unspecified atom stereocenters. The van der Waals surface area contributed by atoms with Crippen molar-refractivity contribution in [1.29, 1.82) is 0 Å². The minimum atomic E-state index is -1.01. The van der Waals surface area contributed by atoms with Crippen LogP contribution >= 0.6 is 0 Å². The fraction of sp³-hybridized carbons (Fsp3) is 0.552. The minimum Gasteiger partial charge on any atom is -0.458 e. The molecule has 0 aliphatic heterocycles. The first-order valence-electron chi connectivity index (χ1n) is 13.3. The lowest BCUT2D eigenvalue weighted by molar-refractivity contribution is -0.147. The molecule has 0 aromatic heterocycles. The van der Waals surface area contributed by atoms with Crippen molar-refractivity contribution < 1.29 is 47.7 Å². The molecule has 0 saturated carbocycles. The average molecular weight is 581 g/mol. The van der Waals surface area contributed by atoms with Gasteiger partial charge in [0.05, 0.1) is 0 Å². The Morgan fingerprint density at radius 3 is 1.56 bits per heavy atom. The van der Waals surface area contributed by atoms with Gasteiger partial charge in [-0.15, -0.1) is 6.58 Å². The summed E-state index contributed by atoms with van der Waals surface area (Å²) in [6.45, 7) is 19.0. The number of carbonyl (C=O) groups is 5.